The average Bonchev–Trinajstić information content (AvgIpc) is 0.722. The minimum Gasteiger partial charge on any atom is -1.00 e. The van der Waals surface area contributed by atoms with Crippen molar-refractivity contribution in [2.24, 2.45) is 0 Å². The van der Waals surface area contributed by atoms with Gasteiger partial charge in [0, 0.05) is 0 Å². The topological polar surface area (TPSA) is 80.9 Å². The maximum Gasteiger partial charge on any atom is 2.00 e. The van der Waals surface area contributed by atoms with Gasteiger partial charge in [0.05, 0.1) is 0 Å². The largest absolute Gasteiger partial charge is 2.00 e. The molecule has 0 bridgehead atoms. The standard InChI is InChI=1S/Al.2Mg.H4O4Si.7H/c;;;1-5(2,3)4;;;;;;;/h;;;1-4H;;;;;;;/q;2*+2;;;;;4*-1. The van der Waals surface area contributed by atoms with Crippen LogP contribution in [0.5, 0.6) is 0 Å². The summed E-state index contributed by atoms with van der Waals surface area (Å²) in [7, 11) is -4.61. The SMILES string of the molecule is O[Si](O)(O)O.[AlH3].[H-].[H-].[H-].[H-].[Mg+2].[Mg+2]. The molecule has 0 radical (unpaired) electrons. The van der Waals surface area contributed by atoms with E-state index in [-0.39, 0.29) is 69.2 Å². The number of rotatable bonds is 0. The fourth-order valence-electron chi connectivity index (χ4n) is 0. The van der Waals surface area contributed by atoms with Crippen molar-refractivity contribution < 1.29 is 24.9 Å². The first kappa shape index (κ1) is 22.5. The number of hydrogen-bond acceptors (Lipinski definition) is 4. The van der Waals surface area contributed by atoms with E-state index in [1.165, 1.54) is 0 Å². The van der Waals surface area contributed by atoms with Crippen molar-refractivity contribution in [2.75, 3.05) is 0 Å². The minimum absolute atomic E-state index is 0. The van der Waals surface area contributed by atoms with Crippen LogP contribution < -0.4 is 0 Å². The van der Waals surface area contributed by atoms with Gasteiger partial charge in [-0.25, -0.2) is 0 Å². The molecule has 8 heavy (non-hydrogen) atoms. The summed E-state index contributed by atoms with van der Waals surface area (Å²) in [6.07, 6.45) is 0. The van der Waals surface area contributed by atoms with Gasteiger partial charge in [0.1, 0.15) is 0 Å². The van der Waals surface area contributed by atoms with Crippen molar-refractivity contribution in [3.63, 3.8) is 0 Å². The summed E-state index contributed by atoms with van der Waals surface area (Å²) in [5, 5.41) is 0. The molecule has 0 saturated carbocycles. The zero-order valence-electron chi connectivity index (χ0n) is 7.70. The molecule has 0 spiro atoms. The van der Waals surface area contributed by atoms with E-state index in [2.05, 4.69) is 0 Å². The van der Waals surface area contributed by atoms with E-state index in [1.807, 2.05) is 0 Å². The van der Waals surface area contributed by atoms with Crippen LogP contribution in [0.4, 0.5) is 0 Å². The molecule has 0 aliphatic heterocycles. The third-order valence-corrected chi connectivity index (χ3v) is 0. The van der Waals surface area contributed by atoms with Crippen molar-refractivity contribution in [3.8, 4) is 0 Å². The van der Waals surface area contributed by atoms with Gasteiger partial charge in [0.2, 0.25) is 0 Å². The molecule has 0 aromatic rings. The third kappa shape index (κ3) is 91.5. The predicted molar refractivity (Wildman–Crippen MR) is 40.5 cm³/mol. The van der Waals surface area contributed by atoms with Gasteiger partial charge in [-0.2, -0.15) is 0 Å². The van der Waals surface area contributed by atoms with Crippen LogP contribution >= 0.6 is 0 Å². The molecule has 0 aromatic carbocycles. The van der Waals surface area contributed by atoms with Crippen LogP contribution in [-0.4, -0.2) is 91.7 Å². The molecule has 0 atom stereocenters. The summed E-state index contributed by atoms with van der Waals surface area (Å²) in [5.74, 6) is 0. The van der Waals surface area contributed by atoms with Gasteiger partial charge < -0.3 is 24.9 Å². The van der Waals surface area contributed by atoms with Gasteiger partial charge in [0.15, 0.2) is 17.4 Å². The molecule has 0 aliphatic carbocycles. The Kier molecular flexibility index (Phi) is 25.6. The summed E-state index contributed by atoms with van der Waals surface area (Å²) >= 11 is 0. The van der Waals surface area contributed by atoms with Crippen molar-refractivity contribution in [2.45, 2.75) is 0 Å². The van der Waals surface area contributed by atoms with Crippen LogP contribution in [0.3, 0.4) is 0 Å². The van der Waals surface area contributed by atoms with Gasteiger partial charge in [-0.1, -0.05) is 0 Å². The summed E-state index contributed by atoms with van der Waals surface area (Å²) in [5.41, 5.74) is 0. The molecule has 4 N–H and O–H groups in total. The van der Waals surface area contributed by atoms with E-state index in [1.54, 1.807) is 0 Å². The van der Waals surface area contributed by atoms with Crippen LogP contribution in [-0.2, 0) is 0 Å². The zero-order chi connectivity index (χ0) is 4.50. The Morgan fingerprint density at radius 2 is 0.875 bits per heavy atom. The normalized spacial score (nSPS) is 7.50. The zero-order valence-corrected chi connectivity index (χ0v) is 7.53. The van der Waals surface area contributed by atoms with Crippen molar-refractivity contribution in [1.29, 1.82) is 0 Å². The molecular formula is H11AlMg2O4Si. The van der Waals surface area contributed by atoms with Gasteiger partial charge in [0.25, 0.3) is 0 Å². The summed E-state index contributed by atoms with van der Waals surface area (Å²) in [4.78, 5) is 29.3. The molecule has 0 aliphatic rings. The predicted octanol–water partition coefficient (Wildman–Crippen LogP) is -4.10. The second-order valence-electron chi connectivity index (χ2n) is 0.600. The van der Waals surface area contributed by atoms with E-state index < -0.39 is 9.05 Å². The Hall–Kier alpha value is 2.12. The molecule has 0 saturated heterocycles. The van der Waals surface area contributed by atoms with Crippen molar-refractivity contribution in [1.82, 2.24) is 0 Å². The molecule has 0 heterocycles. The Labute approximate surface area is 96.8 Å². The first-order chi connectivity index (χ1) is 2.00. The van der Waals surface area contributed by atoms with Crippen LogP contribution in [0, 0.1) is 0 Å². The summed E-state index contributed by atoms with van der Waals surface area (Å²) in [6, 6.07) is 0. The maximum absolute atomic E-state index is 7.33. The summed E-state index contributed by atoms with van der Waals surface area (Å²) < 4.78 is 0. The average molecular weight is 179 g/mol. The van der Waals surface area contributed by atoms with E-state index in [0.29, 0.717) is 0 Å². The minimum atomic E-state index is -4.61. The van der Waals surface area contributed by atoms with Crippen LogP contribution in [0.25, 0.3) is 0 Å². The Balaban J connectivity index is -0.00000000381. The molecule has 0 unspecified atom stereocenters. The van der Waals surface area contributed by atoms with Crippen LogP contribution in [0.2, 0.25) is 0 Å². The van der Waals surface area contributed by atoms with Gasteiger partial charge in [-0.3, -0.25) is 0 Å². The Morgan fingerprint density at radius 3 is 0.875 bits per heavy atom. The summed E-state index contributed by atoms with van der Waals surface area (Å²) in [6.45, 7) is 0. The number of hydrogen-bond donors (Lipinski definition) is 4. The fourth-order valence-corrected chi connectivity index (χ4v) is 0. The molecule has 0 aromatic heterocycles. The molecule has 4 nitrogen and oxygen atoms in total. The van der Waals surface area contributed by atoms with Gasteiger partial charge in [-0.05, 0) is 0 Å². The van der Waals surface area contributed by atoms with E-state index in [0.717, 1.165) is 0 Å². The first-order valence-electron chi connectivity index (χ1n) is 0.894. The quantitative estimate of drug-likeness (QED) is 0.285. The maximum atomic E-state index is 7.33. The van der Waals surface area contributed by atoms with E-state index >= 15 is 0 Å². The molecular weight excluding hydrogens is 168 g/mol. The first-order valence-corrected chi connectivity index (χ1v) is 2.68. The molecule has 0 fully saturated rings. The van der Waals surface area contributed by atoms with Crippen molar-refractivity contribution in [3.05, 3.63) is 0 Å². The molecule has 0 amide bonds. The molecule has 46 valence electrons. The second kappa shape index (κ2) is 9.12. The van der Waals surface area contributed by atoms with Gasteiger partial charge >= 0.3 is 55.2 Å². The third-order valence-electron chi connectivity index (χ3n) is 0. The van der Waals surface area contributed by atoms with Crippen LogP contribution in [0.1, 0.15) is 5.71 Å². The second-order valence-corrected chi connectivity index (χ2v) is 1.80. The monoisotopic (exact) mass is 178 g/mol. The van der Waals surface area contributed by atoms with E-state index in [4.69, 9.17) is 19.2 Å². The van der Waals surface area contributed by atoms with Crippen LogP contribution in [0.15, 0.2) is 0 Å². The Bertz CT molecular complexity index is 40.5. The fraction of sp³-hybridized carbons (Fsp3) is 0. The van der Waals surface area contributed by atoms with Crippen molar-refractivity contribution >= 4 is 72.5 Å². The molecule has 8 heteroatoms. The Morgan fingerprint density at radius 1 is 0.875 bits per heavy atom. The van der Waals surface area contributed by atoms with Gasteiger partial charge in [-0.15, -0.1) is 0 Å². The molecule has 0 rings (SSSR count). The smallest absolute Gasteiger partial charge is 1.00 e. The van der Waals surface area contributed by atoms with E-state index in [9.17, 15) is 0 Å².